The summed E-state index contributed by atoms with van der Waals surface area (Å²) in [5, 5.41) is 9.33. The van der Waals surface area contributed by atoms with E-state index in [0.717, 1.165) is 0 Å². The standard InChI is InChI=1S/C7H15O3P/c1-4-6(8)3-7(9-4)5(2)10-11/h4-8H,3,11H2,1-2H3/t4-,5?,6?,7?/m0/s1. The Bertz CT molecular complexity index is 121. The average molecular weight is 178 g/mol. The average Bonchev–Trinajstić information content (AvgIpc) is 2.31. The van der Waals surface area contributed by atoms with Crippen molar-refractivity contribution in [2.75, 3.05) is 0 Å². The third-order valence-electron chi connectivity index (χ3n) is 2.14. The molecule has 0 aliphatic carbocycles. The summed E-state index contributed by atoms with van der Waals surface area (Å²) in [5.74, 6) is 0. The van der Waals surface area contributed by atoms with Gasteiger partial charge in [0.15, 0.2) is 0 Å². The minimum atomic E-state index is -0.331. The maximum atomic E-state index is 9.33. The lowest BCUT2D eigenvalue weighted by Crippen LogP contribution is -2.23. The molecule has 0 aromatic rings. The second-order valence-corrected chi connectivity index (χ2v) is 3.30. The monoisotopic (exact) mass is 178 g/mol. The summed E-state index contributed by atoms with van der Waals surface area (Å²) in [6.07, 6.45) is 0.374. The molecule has 0 spiro atoms. The lowest BCUT2D eigenvalue weighted by atomic mass is 10.1. The van der Waals surface area contributed by atoms with Crippen molar-refractivity contribution in [1.29, 1.82) is 0 Å². The number of aliphatic hydroxyl groups is 1. The Balaban J connectivity index is 2.40. The van der Waals surface area contributed by atoms with Gasteiger partial charge in [-0.2, -0.15) is 0 Å². The molecule has 0 aromatic heterocycles. The summed E-state index contributed by atoms with van der Waals surface area (Å²) in [4.78, 5) is 0. The van der Waals surface area contributed by atoms with Gasteiger partial charge in [0.05, 0.1) is 24.4 Å². The fraction of sp³-hybridized carbons (Fsp3) is 1.00. The fourth-order valence-electron chi connectivity index (χ4n) is 1.24. The van der Waals surface area contributed by atoms with Gasteiger partial charge < -0.3 is 14.4 Å². The molecule has 5 atom stereocenters. The van der Waals surface area contributed by atoms with Crippen molar-refractivity contribution in [1.82, 2.24) is 0 Å². The highest BCUT2D eigenvalue weighted by Gasteiger charge is 2.33. The first kappa shape index (κ1) is 9.40. The molecule has 0 amide bonds. The molecule has 1 aliphatic heterocycles. The Hall–Kier alpha value is 0.310. The van der Waals surface area contributed by atoms with Crippen LogP contribution in [0.4, 0.5) is 0 Å². The maximum absolute atomic E-state index is 9.33. The van der Waals surface area contributed by atoms with E-state index in [1.807, 2.05) is 13.8 Å². The van der Waals surface area contributed by atoms with E-state index in [1.54, 1.807) is 0 Å². The molecule has 1 N–H and O–H groups in total. The third kappa shape index (κ3) is 2.12. The first-order chi connectivity index (χ1) is 5.15. The molecule has 1 saturated heterocycles. The van der Waals surface area contributed by atoms with Crippen molar-refractivity contribution >= 4 is 9.47 Å². The van der Waals surface area contributed by atoms with E-state index in [0.29, 0.717) is 6.42 Å². The highest BCUT2D eigenvalue weighted by Crippen LogP contribution is 2.24. The van der Waals surface area contributed by atoms with Crippen molar-refractivity contribution in [3.05, 3.63) is 0 Å². The van der Waals surface area contributed by atoms with Gasteiger partial charge in [-0.1, -0.05) is 0 Å². The number of aliphatic hydroxyl groups excluding tert-OH is 1. The van der Waals surface area contributed by atoms with E-state index in [-0.39, 0.29) is 24.4 Å². The van der Waals surface area contributed by atoms with Crippen LogP contribution in [0.5, 0.6) is 0 Å². The van der Waals surface area contributed by atoms with E-state index in [1.165, 1.54) is 0 Å². The molecule has 1 rings (SSSR count). The Labute approximate surface area is 69.4 Å². The zero-order valence-corrected chi connectivity index (χ0v) is 8.01. The van der Waals surface area contributed by atoms with E-state index in [9.17, 15) is 5.11 Å². The van der Waals surface area contributed by atoms with Crippen molar-refractivity contribution in [3.63, 3.8) is 0 Å². The Morgan fingerprint density at radius 3 is 2.73 bits per heavy atom. The summed E-state index contributed by atoms with van der Waals surface area (Å²) >= 11 is 0. The minimum absolute atomic E-state index is 0.0394. The Kier molecular flexibility index (Phi) is 3.26. The van der Waals surface area contributed by atoms with Crippen LogP contribution in [-0.2, 0) is 9.26 Å². The quantitative estimate of drug-likeness (QED) is 0.633. The molecule has 1 fully saturated rings. The van der Waals surface area contributed by atoms with E-state index < -0.39 is 0 Å². The summed E-state index contributed by atoms with van der Waals surface area (Å²) in [5.41, 5.74) is 0. The van der Waals surface area contributed by atoms with Crippen molar-refractivity contribution in [2.24, 2.45) is 0 Å². The fourth-order valence-corrected chi connectivity index (χ4v) is 1.42. The van der Waals surface area contributed by atoms with Crippen LogP contribution in [0, 0.1) is 0 Å². The van der Waals surface area contributed by atoms with Gasteiger partial charge in [0.25, 0.3) is 0 Å². The van der Waals surface area contributed by atoms with Crippen LogP contribution >= 0.6 is 9.47 Å². The molecule has 11 heavy (non-hydrogen) atoms. The molecule has 4 heteroatoms. The molecule has 3 nitrogen and oxygen atoms in total. The molecule has 0 radical (unpaired) electrons. The van der Waals surface area contributed by atoms with Crippen molar-refractivity contribution in [2.45, 2.75) is 44.7 Å². The minimum Gasteiger partial charge on any atom is -0.390 e. The zero-order chi connectivity index (χ0) is 8.43. The van der Waals surface area contributed by atoms with Crippen LogP contribution in [0.25, 0.3) is 0 Å². The van der Waals surface area contributed by atoms with Crippen LogP contribution in [0.3, 0.4) is 0 Å². The smallest absolute Gasteiger partial charge is 0.0867 e. The maximum Gasteiger partial charge on any atom is 0.0867 e. The number of ether oxygens (including phenoxy) is 1. The SMILES string of the molecule is CC(OP)C1CC(O)[C@H](C)O1. The van der Waals surface area contributed by atoms with E-state index in [4.69, 9.17) is 9.26 Å². The molecule has 0 aromatic carbocycles. The van der Waals surface area contributed by atoms with Gasteiger partial charge in [-0.15, -0.1) is 0 Å². The first-order valence-electron chi connectivity index (χ1n) is 3.84. The van der Waals surface area contributed by atoms with Crippen LogP contribution in [0.15, 0.2) is 0 Å². The van der Waals surface area contributed by atoms with Gasteiger partial charge in [0.1, 0.15) is 0 Å². The van der Waals surface area contributed by atoms with Gasteiger partial charge in [-0.25, -0.2) is 0 Å². The van der Waals surface area contributed by atoms with Crippen molar-refractivity contribution in [3.8, 4) is 0 Å². The topological polar surface area (TPSA) is 38.7 Å². The number of hydrogen-bond donors (Lipinski definition) is 1. The van der Waals surface area contributed by atoms with Gasteiger partial charge >= 0.3 is 0 Å². The lowest BCUT2D eigenvalue weighted by Gasteiger charge is -2.16. The lowest BCUT2D eigenvalue weighted by molar-refractivity contribution is -0.0171. The van der Waals surface area contributed by atoms with Gasteiger partial charge in [-0.05, 0) is 13.8 Å². The van der Waals surface area contributed by atoms with Crippen LogP contribution in [0.2, 0.25) is 0 Å². The summed E-state index contributed by atoms with van der Waals surface area (Å²) < 4.78 is 10.4. The van der Waals surface area contributed by atoms with Gasteiger partial charge in [-0.3, -0.25) is 0 Å². The molecule has 1 heterocycles. The highest BCUT2D eigenvalue weighted by molar-refractivity contribution is 7.09. The van der Waals surface area contributed by atoms with Crippen LogP contribution < -0.4 is 0 Å². The second kappa shape index (κ2) is 3.81. The van der Waals surface area contributed by atoms with Crippen LogP contribution in [-0.4, -0.2) is 29.5 Å². The number of hydrogen-bond acceptors (Lipinski definition) is 3. The molecule has 0 saturated carbocycles. The predicted molar refractivity (Wildman–Crippen MR) is 45.2 cm³/mol. The van der Waals surface area contributed by atoms with Gasteiger partial charge in [0, 0.05) is 15.9 Å². The van der Waals surface area contributed by atoms with Crippen LogP contribution in [0.1, 0.15) is 20.3 Å². The van der Waals surface area contributed by atoms with Gasteiger partial charge in [0.2, 0.25) is 0 Å². The van der Waals surface area contributed by atoms with E-state index >= 15 is 0 Å². The molecular weight excluding hydrogens is 163 g/mol. The summed E-state index contributed by atoms with van der Waals surface area (Å²) in [7, 11) is 2.21. The Morgan fingerprint density at radius 2 is 2.36 bits per heavy atom. The molecule has 1 aliphatic rings. The largest absolute Gasteiger partial charge is 0.390 e. The normalized spacial score (nSPS) is 40.9. The highest BCUT2D eigenvalue weighted by atomic mass is 31.0. The molecule has 4 unspecified atom stereocenters. The first-order valence-corrected chi connectivity index (χ1v) is 4.31. The molecule has 66 valence electrons. The number of rotatable bonds is 2. The van der Waals surface area contributed by atoms with E-state index in [2.05, 4.69) is 9.47 Å². The predicted octanol–water partition coefficient (Wildman–Crippen LogP) is 0.720. The Morgan fingerprint density at radius 1 is 1.73 bits per heavy atom. The molecular formula is C7H15O3P. The summed E-state index contributed by atoms with van der Waals surface area (Å²) in [6.45, 7) is 3.81. The second-order valence-electron chi connectivity index (χ2n) is 3.02. The zero-order valence-electron chi connectivity index (χ0n) is 6.86. The third-order valence-corrected chi connectivity index (χ3v) is 2.57. The van der Waals surface area contributed by atoms with Crippen molar-refractivity contribution < 1.29 is 14.4 Å². The summed E-state index contributed by atoms with van der Waals surface area (Å²) in [6, 6.07) is 0. The molecule has 0 bridgehead atoms.